The fourth-order valence-corrected chi connectivity index (χ4v) is 2.19. The fourth-order valence-electron chi connectivity index (χ4n) is 2.19. The number of anilines is 1. The first kappa shape index (κ1) is 13.5. The Hall–Kier alpha value is -1.91. The van der Waals surface area contributed by atoms with Crippen molar-refractivity contribution in [2.24, 2.45) is 5.92 Å². The summed E-state index contributed by atoms with van der Waals surface area (Å²) in [7, 11) is 0. The van der Waals surface area contributed by atoms with E-state index in [0.29, 0.717) is 0 Å². The number of halogens is 1. The second-order valence-electron chi connectivity index (χ2n) is 5.02. The largest absolute Gasteiger partial charge is 0.354 e. The second kappa shape index (κ2) is 5.38. The predicted molar refractivity (Wildman–Crippen MR) is 70.1 cm³/mol. The molecule has 1 aromatic carbocycles. The number of hydrogen-bond acceptors (Lipinski definition) is 2. The van der Waals surface area contributed by atoms with Crippen molar-refractivity contribution in [1.29, 1.82) is 0 Å². The van der Waals surface area contributed by atoms with Crippen molar-refractivity contribution in [3.05, 3.63) is 30.1 Å². The third kappa shape index (κ3) is 2.92. The Kier molecular flexibility index (Phi) is 3.83. The molecular weight excluding hydrogens is 247 g/mol. The number of carbonyl (C=O) groups is 2. The number of benzene rings is 1. The Morgan fingerprint density at radius 3 is 2.74 bits per heavy atom. The quantitative estimate of drug-likeness (QED) is 0.903. The van der Waals surface area contributed by atoms with Crippen LogP contribution in [-0.4, -0.2) is 24.4 Å². The zero-order valence-electron chi connectivity index (χ0n) is 11.0. The van der Waals surface area contributed by atoms with E-state index in [2.05, 4.69) is 5.32 Å². The lowest BCUT2D eigenvalue weighted by atomic mass is 10.1. The monoisotopic (exact) mass is 264 g/mol. The summed E-state index contributed by atoms with van der Waals surface area (Å²) in [6, 6.07) is 6.14. The molecule has 0 saturated carbocycles. The van der Waals surface area contributed by atoms with Gasteiger partial charge in [-0.2, -0.15) is 0 Å². The summed E-state index contributed by atoms with van der Waals surface area (Å²) in [5.74, 6) is -1.22. The lowest BCUT2D eigenvalue weighted by Crippen LogP contribution is -2.37. The van der Waals surface area contributed by atoms with E-state index in [9.17, 15) is 14.0 Å². The summed E-state index contributed by atoms with van der Waals surface area (Å²) in [6.45, 7) is 3.96. The van der Waals surface area contributed by atoms with Crippen molar-refractivity contribution >= 4 is 17.5 Å². The first-order valence-corrected chi connectivity index (χ1v) is 6.34. The van der Waals surface area contributed by atoms with E-state index in [1.54, 1.807) is 18.2 Å². The first-order chi connectivity index (χ1) is 8.99. The summed E-state index contributed by atoms with van der Waals surface area (Å²) in [5.41, 5.74) is 0.243. The first-order valence-electron chi connectivity index (χ1n) is 6.34. The van der Waals surface area contributed by atoms with E-state index in [-0.39, 0.29) is 36.5 Å². The molecule has 102 valence electrons. The van der Waals surface area contributed by atoms with E-state index >= 15 is 0 Å². The molecule has 5 heteroatoms. The highest BCUT2D eigenvalue weighted by atomic mass is 19.1. The van der Waals surface area contributed by atoms with E-state index in [1.165, 1.54) is 11.0 Å². The molecule has 1 aromatic rings. The van der Waals surface area contributed by atoms with Gasteiger partial charge in [0, 0.05) is 19.0 Å². The molecule has 2 rings (SSSR count). The molecule has 1 heterocycles. The Balaban J connectivity index is 2.12. The molecule has 1 atom stereocenters. The number of nitrogens with zero attached hydrogens (tertiary/aromatic N) is 1. The van der Waals surface area contributed by atoms with Crippen molar-refractivity contribution < 1.29 is 14.0 Å². The molecule has 1 aliphatic heterocycles. The van der Waals surface area contributed by atoms with Crippen molar-refractivity contribution in [3.8, 4) is 0 Å². The van der Waals surface area contributed by atoms with Gasteiger partial charge in [-0.3, -0.25) is 9.59 Å². The van der Waals surface area contributed by atoms with Crippen LogP contribution in [0.1, 0.15) is 20.3 Å². The molecule has 4 nitrogen and oxygen atoms in total. The van der Waals surface area contributed by atoms with Crippen LogP contribution in [0.5, 0.6) is 0 Å². The highest BCUT2D eigenvalue weighted by Gasteiger charge is 2.36. The average molecular weight is 264 g/mol. The van der Waals surface area contributed by atoms with Crippen LogP contribution in [-0.2, 0) is 9.59 Å². The number of nitrogens with one attached hydrogen (secondary N) is 1. The summed E-state index contributed by atoms with van der Waals surface area (Å²) in [4.78, 5) is 25.1. The zero-order chi connectivity index (χ0) is 14.0. The van der Waals surface area contributed by atoms with E-state index in [1.807, 2.05) is 13.8 Å². The summed E-state index contributed by atoms with van der Waals surface area (Å²) in [5, 5.41) is 2.78. The number of rotatable bonds is 3. The minimum Gasteiger partial charge on any atom is -0.354 e. The SMILES string of the molecule is CC(C)NC(=O)C1CC(=O)N(c2ccccc2F)C1. The fraction of sp³-hybridized carbons (Fsp3) is 0.429. The van der Waals surface area contributed by atoms with E-state index in [0.717, 1.165) is 0 Å². The van der Waals surface area contributed by atoms with Crippen molar-refractivity contribution in [2.45, 2.75) is 26.3 Å². The number of amides is 2. The molecule has 1 N–H and O–H groups in total. The predicted octanol–water partition coefficient (Wildman–Crippen LogP) is 1.70. The number of carbonyl (C=O) groups excluding carboxylic acids is 2. The van der Waals surface area contributed by atoms with Gasteiger partial charge in [-0.15, -0.1) is 0 Å². The Bertz CT molecular complexity index is 502. The van der Waals surface area contributed by atoms with Gasteiger partial charge in [0.1, 0.15) is 5.82 Å². The molecule has 0 aromatic heterocycles. The molecule has 1 fully saturated rings. The third-order valence-corrected chi connectivity index (χ3v) is 3.07. The highest BCUT2D eigenvalue weighted by Crippen LogP contribution is 2.27. The number of hydrogen-bond donors (Lipinski definition) is 1. The maximum Gasteiger partial charge on any atom is 0.227 e. The molecule has 1 aliphatic rings. The standard InChI is InChI=1S/C14H17FN2O2/c1-9(2)16-14(19)10-7-13(18)17(8-10)12-6-4-3-5-11(12)15/h3-6,9-10H,7-8H2,1-2H3,(H,16,19). The van der Waals surface area contributed by atoms with Crippen LogP contribution >= 0.6 is 0 Å². The molecule has 0 aliphatic carbocycles. The van der Waals surface area contributed by atoms with Crippen molar-refractivity contribution in [3.63, 3.8) is 0 Å². The van der Waals surface area contributed by atoms with Gasteiger partial charge in [-0.1, -0.05) is 12.1 Å². The van der Waals surface area contributed by atoms with Crippen molar-refractivity contribution in [1.82, 2.24) is 5.32 Å². The molecule has 19 heavy (non-hydrogen) atoms. The maximum atomic E-state index is 13.7. The zero-order valence-corrected chi connectivity index (χ0v) is 11.0. The summed E-state index contributed by atoms with van der Waals surface area (Å²) < 4.78 is 13.7. The van der Waals surface area contributed by atoms with Gasteiger partial charge in [0.25, 0.3) is 0 Å². The Morgan fingerprint density at radius 2 is 2.11 bits per heavy atom. The summed E-state index contributed by atoms with van der Waals surface area (Å²) in [6.07, 6.45) is 0.132. The molecule has 0 bridgehead atoms. The lowest BCUT2D eigenvalue weighted by molar-refractivity contribution is -0.126. The van der Waals surface area contributed by atoms with Crippen molar-refractivity contribution in [2.75, 3.05) is 11.4 Å². The molecule has 0 spiro atoms. The minimum absolute atomic E-state index is 0.0325. The molecule has 1 unspecified atom stereocenters. The van der Waals surface area contributed by atoms with Gasteiger partial charge in [0.15, 0.2) is 0 Å². The average Bonchev–Trinajstić information content (AvgIpc) is 2.71. The summed E-state index contributed by atoms with van der Waals surface area (Å²) >= 11 is 0. The minimum atomic E-state index is -0.444. The highest BCUT2D eigenvalue weighted by molar-refractivity contribution is 6.00. The van der Waals surface area contributed by atoms with Crippen LogP contribution in [0.25, 0.3) is 0 Å². The third-order valence-electron chi connectivity index (χ3n) is 3.07. The van der Waals surface area contributed by atoms with Gasteiger partial charge >= 0.3 is 0 Å². The van der Waals surface area contributed by atoms with Gasteiger partial charge in [-0.25, -0.2) is 4.39 Å². The molecule has 2 amide bonds. The topological polar surface area (TPSA) is 49.4 Å². The molecule has 0 radical (unpaired) electrons. The maximum absolute atomic E-state index is 13.7. The van der Waals surface area contributed by atoms with Crippen LogP contribution in [0.4, 0.5) is 10.1 Å². The lowest BCUT2D eigenvalue weighted by Gasteiger charge is -2.17. The van der Waals surface area contributed by atoms with Gasteiger partial charge in [0.2, 0.25) is 11.8 Å². The van der Waals surface area contributed by atoms with E-state index in [4.69, 9.17) is 0 Å². The Morgan fingerprint density at radius 1 is 1.42 bits per heavy atom. The van der Waals surface area contributed by atoms with E-state index < -0.39 is 11.7 Å². The van der Waals surface area contributed by atoms with Gasteiger partial charge in [-0.05, 0) is 26.0 Å². The van der Waals surface area contributed by atoms with Crippen LogP contribution in [0.15, 0.2) is 24.3 Å². The van der Waals surface area contributed by atoms with Crippen LogP contribution in [0.3, 0.4) is 0 Å². The second-order valence-corrected chi connectivity index (χ2v) is 5.02. The molecule has 1 saturated heterocycles. The smallest absolute Gasteiger partial charge is 0.227 e. The Labute approximate surface area is 111 Å². The van der Waals surface area contributed by atoms with Crippen LogP contribution < -0.4 is 10.2 Å². The normalized spacial score (nSPS) is 19.1. The van der Waals surface area contributed by atoms with Crippen LogP contribution in [0, 0.1) is 11.7 Å². The number of para-hydroxylation sites is 1. The van der Waals surface area contributed by atoms with Gasteiger partial charge in [0.05, 0.1) is 11.6 Å². The van der Waals surface area contributed by atoms with Gasteiger partial charge < -0.3 is 10.2 Å². The molecular formula is C14H17FN2O2. The van der Waals surface area contributed by atoms with Crippen LogP contribution in [0.2, 0.25) is 0 Å².